The molecule has 0 spiro atoms. The molecule has 0 fully saturated rings. The van der Waals surface area contributed by atoms with Crippen LogP contribution >= 0.6 is 0 Å². The Kier molecular flexibility index (Phi) is 8.87. The van der Waals surface area contributed by atoms with Crippen LogP contribution in [0.5, 0.6) is 0 Å². The number of rotatable bonds is 8. The van der Waals surface area contributed by atoms with Crippen molar-refractivity contribution in [2.75, 3.05) is 4.90 Å². The number of hydrogen-bond acceptors (Lipinski definition) is 1. The van der Waals surface area contributed by atoms with Crippen molar-refractivity contribution in [2.24, 2.45) is 0 Å². The molecule has 0 saturated carbocycles. The van der Waals surface area contributed by atoms with Gasteiger partial charge in [-0.15, -0.1) is 0 Å². The minimum absolute atomic E-state index is 1.09. The average molecular weight is 765 g/mol. The highest BCUT2D eigenvalue weighted by Gasteiger charge is 2.18. The molecule has 0 radical (unpaired) electrons. The van der Waals surface area contributed by atoms with Crippen LogP contribution < -0.4 is 4.90 Å². The van der Waals surface area contributed by atoms with Crippen LogP contribution in [0, 0.1) is 0 Å². The van der Waals surface area contributed by atoms with Gasteiger partial charge in [0.25, 0.3) is 0 Å². The predicted molar refractivity (Wildman–Crippen MR) is 255 cm³/mol. The highest BCUT2D eigenvalue weighted by molar-refractivity contribution is 6.09. The van der Waals surface area contributed by atoms with E-state index in [-0.39, 0.29) is 0 Å². The maximum atomic E-state index is 2.41. The Morgan fingerprint density at radius 3 is 1.40 bits per heavy atom. The first-order valence-electron chi connectivity index (χ1n) is 20.6. The number of para-hydroxylation sites is 3. The third kappa shape index (κ3) is 6.41. The quantitative estimate of drug-likeness (QED) is 0.150. The molecule has 0 saturated heterocycles. The van der Waals surface area contributed by atoms with E-state index in [1.54, 1.807) is 0 Å². The number of nitrogens with zero attached hydrogens (tertiary/aromatic N) is 2. The Morgan fingerprint density at radius 1 is 0.267 bits per heavy atom. The van der Waals surface area contributed by atoms with E-state index < -0.39 is 0 Å². The lowest BCUT2D eigenvalue weighted by atomic mass is 9.99. The zero-order valence-corrected chi connectivity index (χ0v) is 33.0. The van der Waals surface area contributed by atoms with E-state index in [4.69, 9.17) is 0 Å². The third-order valence-corrected chi connectivity index (χ3v) is 11.8. The van der Waals surface area contributed by atoms with E-state index in [0.29, 0.717) is 0 Å². The first-order valence-corrected chi connectivity index (χ1v) is 20.6. The molecule has 0 bridgehead atoms. The van der Waals surface area contributed by atoms with E-state index in [9.17, 15) is 0 Å². The Labute approximate surface area is 350 Å². The fourth-order valence-corrected chi connectivity index (χ4v) is 8.81. The zero-order valence-electron chi connectivity index (χ0n) is 33.0. The second-order valence-electron chi connectivity index (χ2n) is 15.4. The first kappa shape index (κ1) is 35.2. The van der Waals surface area contributed by atoms with Crippen LogP contribution in [0.1, 0.15) is 0 Å². The first-order chi connectivity index (χ1) is 29.7. The molecule has 282 valence electrons. The Hall–Kier alpha value is -7.94. The molecule has 0 unspecified atom stereocenters. The molecular weight excluding hydrogens is 725 g/mol. The fraction of sp³-hybridized carbons (Fsp3) is 0. The van der Waals surface area contributed by atoms with Gasteiger partial charge < -0.3 is 9.47 Å². The molecule has 11 aromatic rings. The smallest absolute Gasteiger partial charge is 0.0541 e. The summed E-state index contributed by atoms with van der Waals surface area (Å²) in [7, 11) is 0. The molecule has 2 heteroatoms. The predicted octanol–water partition coefficient (Wildman–Crippen LogP) is 16.1. The molecule has 0 aliphatic rings. The molecule has 1 heterocycles. The lowest BCUT2D eigenvalue weighted by Crippen LogP contribution is -2.10. The SMILES string of the molecule is c1ccc(-c2ccc(-c3ccc(N(c4ccc(-c5ccccc5-n5c6ccccc6c6ccccc65)cc4)c4cccc(-c5ccc6ccccc6c5)c4)cc3)cc2)cc1. The van der Waals surface area contributed by atoms with E-state index >= 15 is 0 Å². The summed E-state index contributed by atoms with van der Waals surface area (Å²) in [5, 5.41) is 5.00. The van der Waals surface area contributed by atoms with Gasteiger partial charge in [0.2, 0.25) is 0 Å². The van der Waals surface area contributed by atoms with Crippen molar-refractivity contribution in [2.45, 2.75) is 0 Å². The van der Waals surface area contributed by atoms with Crippen LogP contribution in [0.15, 0.2) is 243 Å². The van der Waals surface area contributed by atoms with E-state index in [1.165, 1.54) is 71.5 Å². The second-order valence-corrected chi connectivity index (χ2v) is 15.4. The van der Waals surface area contributed by atoms with Crippen LogP contribution in [-0.2, 0) is 0 Å². The highest BCUT2D eigenvalue weighted by Crippen LogP contribution is 2.41. The Balaban J connectivity index is 0.991. The second kappa shape index (κ2) is 15.1. The van der Waals surface area contributed by atoms with Crippen LogP contribution in [0.25, 0.3) is 82.8 Å². The topological polar surface area (TPSA) is 8.17 Å². The standard InChI is InChI=1S/C58H40N2/c1-2-13-41(14-3-1)43-25-27-44(28-26-43)45-31-35-50(36-32-45)59(52-18-12-17-48(40-52)49-30-29-42-15-4-5-16-47(42)39-49)51-37-33-46(34-38-51)53-19-6-9-22-56(53)60-57-23-10-7-20-54(57)55-21-8-11-24-58(55)60/h1-40H. The fourth-order valence-electron chi connectivity index (χ4n) is 8.81. The van der Waals surface area contributed by atoms with Gasteiger partial charge in [0, 0.05) is 33.4 Å². The largest absolute Gasteiger partial charge is 0.310 e. The number of fused-ring (bicyclic) bond motifs is 4. The third-order valence-electron chi connectivity index (χ3n) is 11.8. The molecular formula is C58H40N2. The van der Waals surface area contributed by atoms with Crippen LogP contribution in [0.3, 0.4) is 0 Å². The molecule has 60 heavy (non-hydrogen) atoms. The van der Waals surface area contributed by atoms with Gasteiger partial charge >= 0.3 is 0 Å². The normalized spacial score (nSPS) is 11.3. The van der Waals surface area contributed by atoms with E-state index in [1.807, 2.05) is 0 Å². The summed E-state index contributed by atoms with van der Waals surface area (Å²) >= 11 is 0. The summed E-state index contributed by atoms with van der Waals surface area (Å²) in [5.74, 6) is 0. The summed E-state index contributed by atoms with van der Waals surface area (Å²) in [6.45, 7) is 0. The average Bonchev–Trinajstić information content (AvgIpc) is 3.67. The van der Waals surface area contributed by atoms with Crippen molar-refractivity contribution >= 4 is 49.6 Å². The summed E-state index contributed by atoms with van der Waals surface area (Å²) in [5.41, 5.74) is 16.4. The van der Waals surface area contributed by atoms with Crippen molar-refractivity contribution < 1.29 is 0 Å². The van der Waals surface area contributed by atoms with Crippen molar-refractivity contribution in [3.8, 4) is 50.2 Å². The van der Waals surface area contributed by atoms with Gasteiger partial charge in [-0.1, -0.05) is 182 Å². The van der Waals surface area contributed by atoms with E-state index in [2.05, 4.69) is 252 Å². The summed E-state index contributed by atoms with van der Waals surface area (Å²) in [4.78, 5) is 2.37. The Morgan fingerprint density at radius 2 is 0.733 bits per heavy atom. The van der Waals surface area contributed by atoms with Gasteiger partial charge in [0.05, 0.1) is 16.7 Å². The number of anilines is 3. The van der Waals surface area contributed by atoms with Gasteiger partial charge in [0.1, 0.15) is 0 Å². The van der Waals surface area contributed by atoms with Crippen LogP contribution in [0.4, 0.5) is 17.1 Å². The summed E-state index contributed by atoms with van der Waals surface area (Å²) in [6, 6.07) is 87.8. The van der Waals surface area contributed by atoms with Crippen molar-refractivity contribution in [1.29, 1.82) is 0 Å². The monoisotopic (exact) mass is 764 g/mol. The van der Waals surface area contributed by atoms with Crippen molar-refractivity contribution in [3.05, 3.63) is 243 Å². The molecule has 2 nitrogen and oxygen atoms in total. The van der Waals surface area contributed by atoms with Gasteiger partial charge in [-0.25, -0.2) is 0 Å². The molecule has 0 aliphatic heterocycles. The summed E-state index contributed by atoms with van der Waals surface area (Å²) < 4.78 is 2.41. The highest BCUT2D eigenvalue weighted by atomic mass is 15.1. The molecule has 0 N–H and O–H groups in total. The Bertz CT molecular complexity index is 3230. The lowest BCUT2D eigenvalue weighted by Gasteiger charge is -2.26. The van der Waals surface area contributed by atoms with Crippen molar-refractivity contribution in [1.82, 2.24) is 4.57 Å². The van der Waals surface area contributed by atoms with Crippen LogP contribution in [-0.4, -0.2) is 4.57 Å². The molecule has 0 aliphatic carbocycles. The van der Waals surface area contributed by atoms with Gasteiger partial charge in [-0.05, 0) is 110 Å². The van der Waals surface area contributed by atoms with Gasteiger partial charge in [-0.3, -0.25) is 0 Å². The zero-order chi connectivity index (χ0) is 39.8. The van der Waals surface area contributed by atoms with Gasteiger partial charge in [0.15, 0.2) is 0 Å². The molecule has 11 rings (SSSR count). The molecule has 0 amide bonds. The molecule has 1 aromatic heterocycles. The van der Waals surface area contributed by atoms with E-state index in [0.717, 1.165) is 28.3 Å². The van der Waals surface area contributed by atoms with Crippen molar-refractivity contribution in [3.63, 3.8) is 0 Å². The summed E-state index contributed by atoms with van der Waals surface area (Å²) in [6.07, 6.45) is 0. The van der Waals surface area contributed by atoms with Gasteiger partial charge in [-0.2, -0.15) is 0 Å². The number of hydrogen-bond donors (Lipinski definition) is 0. The maximum Gasteiger partial charge on any atom is 0.0541 e. The lowest BCUT2D eigenvalue weighted by molar-refractivity contribution is 1.18. The minimum atomic E-state index is 1.09. The molecule has 10 aromatic carbocycles. The minimum Gasteiger partial charge on any atom is -0.310 e. The number of aromatic nitrogens is 1. The molecule has 0 atom stereocenters. The maximum absolute atomic E-state index is 2.41. The van der Waals surface area contributed by atoms with Crippen LogP contribution in [0.2, 0.25) is 0 Å². The number of benzene rings is 10.